The van der Waals surface area contributed by atoms with Gasteiger partial charge in [-0.3, -0.25) is 9.78 Å². The van der Waals surface area contributed by atoms with E-state index in [1.165, 1.54) is 0 Å². The van der Waals surface area contributed by atoms with Crippen molar-refractivity contribution in [2.75, 3.05) is 31.1 Å². The van der Waals surface area contributed by atoms with Crippen molar-refractivity contribution in [3.05, 3.63) is 30.3 Å². The minimum atomic E-state index is -0.341. The second-order valence-corrected chi connectivity index (χ2v) is 7.78. The molecule has 2 aromatic heterocycles. The van der Waals surface area contributed by atoms with E-state index in [0.717, 1.165) is 31.7 Å². The zero-order valence-electron chi connectivity index (χ0n) is 16.4. The number of nitrogens with zero attached hydrogens (tertiary/aromatic N) is 6. The number of hydrogen-bond donors (Lipinski definition) is 0. The second-order valence-electron chi connectivity index (χ2n) is 7.78. The molecule has 9 nitrogen and oxygen atoms in total. The average Bonchev–Trinajstić information content (AvgIpc) is 3.12. The quantitative estimate of drug-likeness (QED) is 0.784. The van der Waals surface area contributed by atoms with Crippen LogP contribution in [0.2, 0.25) is 0 Å². The monoisotopic (exact) mass is 386 g/mol. The topological polar surface area (TPSA) is 97.5 Å². The van der Waals surface area contributed by atoms with Gasteiger partial charge in [-0.25, -0.2) is 4.98 Å². The highest BCUT2D eigenvalue weighted by Gasteiger charge is 2.41. The first-order valence-corrected chi connectivity index (χ1v) is 9.80. The lowest BCUT2D eigenvalue weighted by molar-refractivity contribution is -0.132. The molecule has 28 heavy (non-hydrogen) atoms. The van der Waals surface area contributed by atoms with Gasteiger partial charge >= 0.3 is 0 Å². The van der Waals surface area contributed by atoms with Crippen LogP contribution in [0.25, 0.3) is 0 Å². The van der Waals surface area contributed by atoms with E-state index in [1.807, 2.05) is 18.7 Å². The fraction of sp³-hybridized carbons (Fsp3) is 0.632. The number of ether oxygens (including phenoxy) is 1. The first-order valence-electron chi connectivity index (χ1n) is 9.80. The van der Waals surface area contributed by atoms with Gasteiger partial charge in [0.25, 0.3) is 0 Å². The fourth-order valence-corrected chi connectivity index (χ4v) is 3.77. The largest absolute Gasteiger partial charge is 0.372 e. The van der Waals surface area contributed by atoms with Gasteiger partial charge in [-0.15, -0.1) is 0 Å². The molecule has 2 fully saturated rings. The molecule has 0 aromatic carbocycles. The predicted molar refractivity (Wildman–Crippen MR) is 101 cm³/mol. The fourth-order valence-electron chi connectivity index (χ4n) is 3.77. The standard InChI is InChI=1S/C19H26N6O3/c1-14(2)18-22-16(28-23-18)12-25-13-19(27-10-3-17(25)26)4-8-24(9-5-19)15-11-20-6-7-21-15/h6-7,11,14H,3-5,8-10,12-13H2,1-2H3. The van der Waals surface area contributed by atoms with Gasteiger partial charge in [-0.05, 0) is 12.8 Å². The minimum Gasteiger partial charge on any atom is -0.372 e. The molecule has 0 saturated carbocycles. The van der Waals surface area contributed by atoms with Crippen molar-refractivity contribution in [1.29, 1.82) is 0 Å². The Morgan fingerprint density at radius 2 is 2.07 bits per heavy atom. The Bertz CT molecular complexity index is 801. The summed E-state index contributed by atoms with van der Waals surface area (Å²) in [4.78, 5) is 29.6. The van der Waals surface area contributed by atoms with Gasteiger partial charge < -0.3 is 19.1 Å². The Balaban J connectivity index is 1.44. The zero-order chi connectivity index (χ0) is 19.6. The van der Waals surface area contributed by atoms with E-state index < -0.39 is 0 Å². The maximum Gasteiger partial charge on any atom is 0.246 e. The van der Waals surface area contributed by atoms with Gasteiger partial charge in [0.15, 0.2) is 5.82 Å². The highest BCUT2D eigenvalue weighted by molar-refractivity contribution is 5.76. The minimum absolute atomic E-state index is 0.0672. The summed E-state index contributed by atoms with van der Waals surface area (Å²) < 4.78 is 11.6. The molecule has 0 bridgehead atoms. The Morgan fingerprint density at radius 1 is 1.25 bits per heavy atom. The summed E-state index contributed by atoms with van der Waals surface area (Å²) in [6.45, 7) is 6.98. The summed E-state index contributed by atoms with van der Waals surface area (Å²) in [5, 5.41) is 4.00. The van der Waals surface area contributed by atoms with Crippen LogP contribution in [-0.2, 0) is 16.1 Å². The van der Waals surface area contributed by atoms with Crippen LogP contribution in [0.4, 0.5) is 5.82 Å². The van der Waals surface area contributed by atoms with Crippen molar-refractivity contribution in [3.63, 3.8) is 0 Å². The Hall–Kier alpha value is -2.55. The normalized spacial score (nSPS) is 20.0. The first kappa shape index (κ1) is 18.8. The van der Waals surface area contributed by atoms with Crippen molar-refractivity contribution >= 4 is 11.7 Å². The third-order valence-electron chi connectivity index (χ3n) is 5.43. The molecule has 2 saturated heterocycles. The Kier molecular flexibility index (Phi) is 5.25. The number of amides is 1. The second kappa shape index (κ2) is 7.83. The van der Waals surface area contributed by atoms with E-state index in [-0.39, 0.29) is 17.4 Å². The van der Waals surface area contributed by atoms with E-state index in [1.54, 1.807) is 18.6 Å². The Morgan fingerprint density at radius 3 is 2.75 bits per heavy atom. The van der Waals surface area contributed by atoms with Crippen molar-refractivity contribution in [2.45, 2.75) is 51.2 Å². The summed E-state index contributed by atoms with van der Waals surface area (Å²) in [6, 6.07) is 0. The van der Waals surface area contributed by atoms with Crippen molar-refractivity contribution in [2.24, 2.45) is 0 Å². The lowest BCUT2D eigenvalue weighted by Crippen LogP contribution is -2.52. The molecule has 4 heterocycles. The van der Waals surface area contributed by atoms with Gasteiger partial charge in [0.1, 0.15) is 12.4 Å². The average molecular weight is 386 g/mol. The molecule has 2 aliphatic heterocycles. The number of hydrogen-bond acceptors (Lipinski definition) is 8. The molecule has 2 aromatic rings. The van der Waals surface area contributed by atoms with E-state index >= 15 is 0 Å². The summed E-state index contributed by atoms with van der Waals surface area (Å²) in [5.74, 6) is 2.28. The van der Waals surface area contributed by atoms with E-state index in [0.29, 0.717) is 37.8 Å². The van der Waals surface area contributed by atoms with Crippen LogP contribution in [-0.4, -0.2) is 62.8 Å². The van der Waals surface area contributed by atoms with Crippen molar-refractivity contribution in [1.82, 2.24) is 25.0 Å². The van der Waals surface area contributed by atoms with Crippen LogP contribution in [0.3, 0.4) is 0 Å². The summed E-state index contributed by atoms with van der Waals surface area (Å²) in [5.41, 5.74) is -0.341. The molecule has 0 N–H and O–H groups in total. The maximum absolute atomic E-state index is 12.6. The van der Waals surface area contributed by atoms with E-state index in [4.69, 9.17) is 9.26 Å². The number of anilines is 1. The number of carbonyl (C=O) groups excluding carboxylic acids is 1. The number of piperidine rings is 1. The Labute approximate surface area is 164 Å². The number of aromatic nitrogens is 4. The van der Waals surface area contributed by atoms with Crippen LogP contribution < -0.4 is 4.90 Å². The third-order valence-corrected chi connectivity index (χ3v) is 5.43. The van der Waals surface area contributed by atoms with E-state index in [2.05, 4.69) is 25.0 Å². The maximum atomic E-state index is 12.6. The van der Waals surface area contributed by atoms with E-state index in [9.17, 15) is 4.79 Å². The third kappa shape index (κ3) is 3.99. The summed E-state index contributed by atoms with van der Waals surface area (Å²) in [7, 11) is 0. The van der Waals surface area contributed by atoms with Crippen LogP contribution in [0, 0.1) is 0 Å². The van der Waals surface area contributed by atoms with Gasteiger partial charge in [-0.1, -0.05) is 19.0 Å². The highest BCUT2D eigenvalue weighted by Crippen LogP contribution is 2.32. The van der Waals surface area contributed by atoms with Crippen LogP contribution in [0.15, 0.2) is 23.1 Å². The van der Waals surface area contributed by atoms with Crippen LogP contribution >= 0.6 is 0 Å². The zero-order valence-corrected chi connectivity index (χ0v) is 16.4. The molecule has 0 radical (unpaired) electrons. The van der Waals surface area contributed by atoms with Crippen LogP contribution in [0.5, 0.6) is 0 Å². The van der Waals surface area contributed by atoms with Crippen molar-refractivity contribution in [3.8, 4) is 0 Å². The van der Waals surface area contributed by atoms with Crippen LogP contribution in [0.1, 0.15) is 50.7 Å². The molecule has 150 valence electrons. The van der Waals surface area contributed by atoms with Gasteiger partial charge in [-0.2, -0.15) is 4.98 Å². The summed E-state index contributed by atoms with van der Waals surface area (Å²) >= 11 is 0. The molecule has 1 spiro atoms. The first-order chi connectivity index (χ1) is 13.5. The highest BCUT2D eigenvalue weighted by atomic mass is 16.5. The molecule has 0 atom stereocenters. The molecule has 1 amide bonds. The molecular formula is C19H26N6O3. The lowest BCUT2D eigenvalue weighted by atomic mass is 9.90. The predicted octanol–water partition coefficient (Wildman–Crippen LogP) is 1.77. The van der Waals surface area contributed by atoms with Gasteiger partial charge in [0.2, 0.25) is 11.8 Å². The van der Waals surface area contributed by atoms with Gasteiger partial charge in [0, 0.05) is 31.4 Å². The van der Waals surface area contributed by atoms with Gasteiger partial charge in [0.05, 0.1) is 31.4 Å². The molecular weight excluding hydrogens is 360 g/mol. The van der Waals surface area contributed by atoms with Crippen molar-refractivity contribution < 1.29 is 14.1 Å². The molecule has 0 unspecified atom stereocenters. The molecule has 9 heteroatoms. The molecule has 4 rings (SSSR count). The molecule has 2 aliphatic rings. The lowest BCUT2D eigenvalue weighted by Gasteiger charge is -2.42. The SMILES string of the molecule is CC(C)c1noc(CN2CC3(CCN(c4cnccn4)CC3)OCCC2=O)n1. The molecule has 0 aliphatic carbocycles. The summed E-state index contributed by atoms with van der Waals surface area (Å²) in [6.07, 6.45) is 7.19. The smallest absolute Gasteiger partial charge is 0.246 e. The number of rotatable bonds is 4. The number of carbonyl (C=O) groups is 1.